The van der Waals surface area contributed by atoms with Gasteiger partial charge in [-0.25, -0.2) is 0 Å². The van der Waals surface area contributed by atoms with Crippen molar-refractivity contribution in [3.63, 3.8) is 0 Å². The van der Waals surface area contributed by atoms with Crippen molar-refractivity contribution in [1.29, 1.82) is 0 Å². The molecule has 0 radical (unpaired) electrons. The minimum atomic E-state index is -0.246. The molecule has 76 valence electrons. The van der Waals surface area contributed by atoms with Gasteiger partial charge in [-0.1, -0.05) is 30.9 Å². The largest absolute Gasteiger partial charge is 0.461 e. The van der Waals surface area contributed by atoms with E-state index in [1.54, 1.807) is 0 Å². The molecular formula is C12H16O2. The Morgan fingerprint density at radius 1 is 1.57 bits per heavy atom. The lowest BCUT2D eigenvalue weighted by molar-refractivity contribution is -0.147. The molecule has 1 aliphatic carbocycles. The van der Waals surface area contributed by atoms with Gasteiger partial charge in [0.05, 0.1) is 0 Å². The molecule has 0 aromatic heterocycles. The molecule has 2 atom stereocenters. The number of rotatable bonds is 2. The first-order valence-electron chi connectivity index (χ1n) is 4.70. The van der Waals surface area contributed by atoms with Gasteiger partial charge in [-0.15, -0.1) is 0 Å². The fourth-order valence-electron chi connectivity index (χ4n) is 1.80. The summed E-state index contributed by atoms with van der Waals surface area (Å²) in [6.45, 7) is 11.2. The predicted molar refractivity (Wildman–Crippen MR) is 56.8 cm³/mol. The summed E-state index contributed by atoms with van der Waals surface area (Å²) >= 11 is 0. The van der Waals surface area contributed by atoms with Gasteiger partial charge in [-0.3, -0.25) is 4.79 Å². The minimum absolute atomic E-state index is 0.0731. The van der Waals surface area contributed by atoms with Crippen LogP contribution in [0.25, 0.3) is 0 Å². The second-order valence-electron chi connectivity index (χ2n) is 3.68. The fraction of sp³-hybridized carbons (Fsp3) is 0.417. The summed E-state index contributed by atoms with van der Waals surface area (Å²) < 4.78 is 5.22. The lowest BCUT2D eigenvalue weighted by atomic mass is 9.83. The molecule has 0 N–H and O–H groups in total. The van der Waals surface area contributed by atoms with Crippen LogP contribution in [0.15, 0.2) is 36.5 Å². The Kier molecular flexibility index (Phi) is 3.28. The molecule has 1 aliphatic rings. The van der Waals surface area contributed by atoms with Gasteiger partial charge in [0.2, 0.25) is 0 Å². The van der Waals surface area contributed by atoms with Crippen molar-refractivity contribution in [3.8, 4) is 0 Å². The van der Waals surface area contributed by atoms with E-state index >= 15 is 0 Å². The van der Waals surface area contributed by atoms with E-state index in [1.807, 2.05) is 19.1 Å². The van der Waals surface area contributed by atoms with Crippen LogP contribution in [0.5, 0.6) is 0 Å². The maximum Gasteiger partial charge on any atom is 0.302 e. The van der Waals surface area contributed by atoms with Gasteiger partial charge in [0.1, 0.15) is 6.10 Å². The van der Waals surface area contributed by atoms with Crippen LogP contribution >= 0.6 is 0 Å². The molecule has 0 bridgehead atoms. The van der Waals surface area contributed by atoms with Crippen molar-refractivity contribution >= 4 is 5.97 Å². The van der Waals surface area contributed by atoms with E-state index in [4.69, 9.17) is 4.74 Å². The minimum Gasteiger partial charge on any atom is -0.461 e. The van der Waals surface area contributed by atoms with Crippen LogP contribution < -0.4 is 0 Å². The van der Waals surface area contributed by atoms with E-state index in [1.165, 1.54) is 6.92 Å². The third kappa shape index (κ3) is 2.34. The van der Waals surface area contributed by atoms with Gasteiger partial charge in [0.25, 0.3) is 0 Å². The lowest BCUT2D eigenvalue weighted by Crippen LogP contribution is -2.29. The van der Waals surface area contributed by atoms with Gasteiger partial charge in [-0.05, 0) is 12.5 Å². The van der Waals surface area contributed by atoms with E-state index in [0.29, 0.717) is 0 Å². The summed E-state index contributed by atoms with van der Waals surface area (Å²) in [4.78, 5) is 10.9. The fourth-order valence-corrected chi connectivity index (χ4v) is 1.80. The average molecular weight is 192 g/mol. The first kappa shape index (κ1) is 10.8. The highest BCUT2D eigenvalue weighted by Gasteiger charge is 2.27. The van der Waals surface area contributed by atoms with Crippen LogP contribution in [0.1, 0.15) is 20.3 Å². The quantitative estimate of drug-likeness (QED) is 0.496. The normalized spacial score (nSPS) is 26.0. The van der Waals surface area contributed by atoms with Crippen molar-refractivity contribution < 1.29 is 9.53 Å². The Hall–Kier alpha value is -1.31. The maximum atomic E-state index is 10.9. The zero-order chi connectivity index (χ0) is 10.7. The van der Waals surface area contributed by atoms with Crippen LogP contribution in [0.4, 0.5) is 0 Å². The van der Waals surface area contributed by atoms with Crippen molar-refractivity contribution in [2.24, 2.45) is 5.92 Å². The van der Waals surface area contributed by atoms with Crippen molar-refractivity contribution in [3.05, 3.63) is 36.5 Å². The smallest absolute Gasteiger partial charge is 0.302 e. The lowest BCUT2D eigenvalue weighted by Gasteiger charge is -2.29. The van der Waals surface area contributed by atoms with Crippen LogP contribution in [-0.2, 0) is 9.53 Å². The van der Waals surface area contributed by atoms with Gasteiger partial charge in [0, 0.05) is 19.3 Å². The summed E-state index contributed by atoms with van der Waals surface area (Å²) in [6.07, 6.45) is 4.58. The number of esters is 1. The number of hydrogen-bond donors (Lipinski definition) is 0. The number of carbonyl (C=O) groups excluding carboxylic acids is 1. The van der Waals surface area contributed by atoms with Crippen molar-refractivity contribution in [2.45, 2.75) is 26.4 Å². The van der Waals surface area contributed by atoms with Crippen molar-refractivity contribution in [2.75, 3.05) is 0 Å². The standard InChI is InChI=1S/C12H16O2/c1-8(2)12-9(3)6-5-7-11(12)14-10(4)13/h5-6,11-12H,1,3,7H2,2,4H3. The second kappa shape index (κ2) is 4.27. The molecule has 0 aliphatic heterocycles. The molecular weight excluding hydrogens is 176 g/mol. The molecule has 0 amide bonds. The van der Waals surface area contributed by atoms with E-state index < -0.39 is 0 Å². The summed E-state index contributed by atoms with van der Waals surface area (Å²) in [5.74, 6) is -0.173. The first-order valence-corrected chi connectivity index (χ1v) is 4.70. The third-order valence-electron chi connectivity index (χ3n) is 2.32. The van der Waals surface area contributed by atoms with E-state index in [2.05, 4.69) is 13.2 Å². The second-order valence-corrected chi connectivity index (χ2v) is 3.68. The highest BCUT2D eigenvalue weighted by molar-refractivity contribution is 5.66. The highest BCUT2D eigenvalue weighted by atomic mass is 16.5. The molecule has 2 unspecified atom stereocenters. The maximum absolute atomic E-state index is 10.9. The molecule has 14 heavy (non-hydrogen) atoms. The summed E-state index contributed by atoms with van der Waals surface area (Å²) in [6, 6.07) is 0. The molecule has 2 heteroatoms. The Balaban J connectivity index is 2.82. The molecule has 0 saturated carbocycles. The summed E-state index contributed by atoms with van der Waals surface area (Å²) in [7, 11) is 0. The summed E-state index contributed by atoms with van der Waals surface area (Å²) in [5.41, 5.74) is 1.96. The van der Waals surface area contributed by atoms with E-state index in [0.717, 1.165) is 17.6 Å². The third-order valence-corrected chi connectivity index (χ3v) is 2.32. The molecule has 0 heterocycles. The van der Waals surface area contributed by atoms with E-state index in [-0.39, 0.29) is 18.0 Å². The first-order chi connectivity index (χ1) is 6.52. The van der Waals surface area contributed by atoms with Crippen LogP contribution in [0.3, 0.4) is 0 Å². The molecule has 0 aromatic rings. The predicted octanol–water partition coefficient (Wildman–Crippen LogP) is 2.63. The molecule has 0 fully saturated rings. The molecule has 1 rings (SSSR count). The number of carbonyl (C=O) groups is 1. The number of hydrogen-bond acceptors (Lipinski definition) is 2. The Morgan fingerprint density at radius 3 is 2.71 bits per heavy atom. The Morgan fingerprint density at radius 2 is 2.21 bits per heavy atom. The topological polar surface area (TPSA) is 26.3 Å². The molecule has 2 nitrogen and oxygen atoms in total. The summed E-state index contributed by atoms with van der Waals surface area (Å²) in [5, 5.41) is 0. The number of ether oxygens (including phenoxy) is 1. The SMILES string of the molecule is C=C(C)C1C(=C)C=CCC1OC(C)=O. The molecule has 0 aromatic carbocycles. The zero-order valence-electron chi connectivity index (χ0n) is 8.75. The van der Waals surface area contributed by atoms with Gasteiger partial charge in [0.15, 0.2) is 0 Å². The number of allylic oxidation sites excluding steroid dienone is 1. The van der Waals surface area contributed by atoms with Gasteiger partial charge in [-0.2, -0.15) is 0 Å². The van der Waals surface area contributed by atoms with Crippen LogP contribution in [-0.4, -0.2) is 12.1 Å². The Labute approximate surface area is 85.0 Å². The van der Waals surface area contributed by atoms with Crippen LogP contribution in [0, 0.1) is 5.92 Å². The highest BCUT2D eigenvalue weighted by Crippen LogP contribution is 2.30. The zero-order valence-corrected chi connectivity index (χ0v) is 8.75. The van der Waals surface area contributed by atoms with E-state index in [9.17, 15) is 4.79 Å². The molecule has 0 spiro atoms. The van der Waals surface area contributed by atoms with Gasteiger partial charge >= 0.3 is 5.97 Å². The van der Waals surface area contributed by atoms with Crippen molar-refractivity contribution in [1.82, 2.24) is 0 Å². The Bertz CT molecular complexity index is 299. The average Bonchev–Trinajstić information content (AvgIpc) is 2.01. The molecule has 0 saturated heterocycles. The monoisotopic (exact) mass is 192 g/mol. The van der Waals surface area contributed by atoms with Gasteiger partial charge < -0.3 is 4.74 Å². The van der Waals surface area contributed by atoms with Crippen LogP contribution in [0.2, 0.25) is 0 Å².